The number of carboxylic acid groups (broad SMARTS) is 1. The van der Waals surface area contributed by atoms with Crippen LogP contribution in [-0.2, 0) is 14.4 Å². The minimum Gasteiger partial charge on any atom is -0.480 e. The molecule has 132 valence electrons. The Morgan fingerprint density at radius 1 is 1.29 bits per heavy atom. The van der Waals surface area contributed by atoms with E-state index in [2.05, 4.69) is 5.32 Å². The lowest BCUT2D eigenvalue weighted by Gasteiger charge is -2.34. The Morgan fingerprint density at radius 3 is 2.33 bits per heavy atom. The Bertz CT molecular complexity index is 550. The highest BCUT2D eigenvalue weighted by molar-refractivity contribution is 7.98. The van der Waals surface area contributed by atoms with Crippen molar-refractivity contribution in [2.45, 2.75) is 19.4 Å². The van der Waals surface area contributed by atoms with Crippen LogP contribution in [0.5, 0.6) is 0 Å². The van der Waals surface area contributed by atoms with Gasteiger partial charge in [-0.1, -0.05) is 0 Å². The molecule has 1 unspecified atom stereocenters. The number of nitrogens with one attached hydrogen (secondary N) is 1. The third kappa shape index (κ3) is 5.77. The van der Waals surface area contributed by atoms with Crippen molar-refractivity contribution >= 4 is 29.5 Å². The van der Waals surface area contributed by atoms with Gasteiger partial charge in [0.15, 0.2) is 0 Å². The van der Waals surface area contributed by atoms with Crippen molar-refractivity contribution in [3.05, 3.63) is 11.8 Å². The molecule has 0 saturated carbocycles. The fraction of sp³-hybridized carbons (Fsp3) is 0.600. The maximum absolute atomic E-state index is 12.3. The van der Waals surface area contributed by atoms with Crippen LogP contribution in [0.25, 0.3) is 0 Å². The van der Waals surface area contributed by atoms with Crippen molar-refractivity contribution in [1.29, 1.82) is 5.26 Å². The molecule has 2 amide bonds. The summed E-state index contributed by atoms with van der Waals surface area (Å²) >= 11 is 1.52. The average molecular weight is 354 g/mol. The first-order valence-corrected chi connectivity index (χ1v) is 8.93. The smallest absolute Gasteiger partial charge is 0.326 e. The van der Waals surface area contributed by atoms with Crippen LogP contribution >= 0.6 is 11.8 Å². The van der Waals surface area contributed by atoms with Crippen molar-refractivity contribution < 1.29 is 19.5 Å². The molecular formula is C15H22N4O4S. The Balaban J connectivity index is 2.67. The van der Waals surface area contributed by atoms with Crippen LogP contribution in [-0.4, -0.2) is 76.9 Å². The van der Waals surface area contributed by atoms with Gasteiger partial charge in [0.05, 0.1) is 0 Å². The van der Waals surface area contributed by atoms with Crippen molar-refractivity contribution in [1.82, 2.24) is 15.1 Å². The molecule has 0 aromatic heterocycles. The van der Waals surface area contributed by atoms with E-state index in [0.29, 0.717) is 38.4 Å². The number of carbonyl (C=O) groups excluding carboxylic acids is 2. The Kier molecular flexibility index (Phi) is 8.12. The Labute approximate surface area is 145 Å². The Hall–Kier alpha value is -2.21. The van der Waals surface area contributed by atoms with E-state index in [0.717, 1.165) is 0 Å². The molecule has 0 aromatic carbocycles. The van der Waals surface area contributed by atoms with Crippen LogP contribution in [0, 0.1) is 11.3 Å². The number of piperazine rings is 1. The molecule has 1 fully saturated rings. The first kappa shape index (κ1) is 19.8. The van der Waals surface area contributed by atoms with Crippen LogP contribution in [0.1, 0.15) is 13.3 Å². The monoisotopic (exact) mass is 354 g/mol. The molecule has 1 aliphatic heterocycles. The number of hydrogen-bond donors (Lipinski definition) is 2. The first-order valence-electron chi connectivity index (χ1n) is 7.53. The van der Waals surface area contributed by atoms with Crippen molar-refractivity contribution in [2.24, 2.45) is 0 Å². The molecule has 2 N–H and O–H groups in total. The highest BCUT2D eigenvalue weighted by Crippen LogP contribution is 2.08. The normalized spacial score (nSPS) is 16.3. The number of carboxylic acids is 1. The van der Waals surface area contributed by atoms with Crippen LogP contribution in [0.15, 0.2) is 11.8 Å². The van der Waals surface area contributed by atoms with E-state index in [1.807, 2.05) is 12.3 Å². The second-order valence-corrected chi connectivity index (χ2v) is 6.29. The lowest BCUT2D eigenvalue weighted by Crippen LogP contribution is -2.50. The maximum Gasteiger partial charge on any atom is 0.326 e. The number of nitrogens with zero attached hydrogens (tertiary/aromatic N) is 3. The maximum atomic E-state index is 12.3. The molecule has 0 spiro atoms. The quantitative estimate of drug-likeness (QED) is 0.484. The van der Waals surface area contributed by atoms with Crippen LogP contribution < -0.4 is 5.32 Å². The summed E-state index contributed by atoms with van der Waals surface area (Å²) in [5, 5.41) is 21.0. The zero-order chi connectivity index (χ0) is 18.1. The van der Waals surface area contributed by atoms with Gasteiger partial charge in [0, 0.05) is 39.3 Å². The molecule has 1 heterocycles. The zero-order valence-corrected chi connectivity index (χ0v) is 14.6. The summed E-state index contributed by atoms with van der Waals surface area (Å²) in [5.41, 5.74) is -0.137. The number of hydrogen-bond acceptors (Lipinski definition) is 6. The van der Waals surface area contributed by atoms with Gasteiger partial charge in [-0.3, -0.25) is 9.59 Å². The van der Waals surface area contributed by atoms with E-state index in [4.69, 9.17) is 5.11 Å². The number of aliphatic carboxylic acids is 1. The molecule has 0 aliphatic carbocycles. The second-order valence-electron chi connectivity index (χ2n) is 5.31. The topological polar surface area (TPSA) is 114 Å². The molecule has 8 nitrogen and oxygen atoms in total. The van der Waals surface area contributed by atoms with E-state index >= 15 is 0 Å². The molecule has 0 bridgehead atoms. The summed E-state index contributed by atoms with van der Waals surface area (Å²) in [4.78, 5) is 37.9. The summed E-state index contributed by atoms with van der Waals surface area (Å²) < 4.78 is 0. The van der Waals surface area contributed by atoms with Crippen molar-refractivity contribution in [2.75, 3.05) is 38.2 Å². The number of carbonyl (C=O) groups is 3. The van der Waals surface area contributed by atoms with Crippen LogP contribution in [0.3, 0.4) is 0 Å². The molecule has 0 radical (unpaired) electrons. The van der Waals surface area contributed by atoms with Gasteiger partial charge in [-0.2, -0.15) is 17.0 Å². The van der Waals surface area contributed by atoms with Crippen molar-refractivity contribution in [3.8, 4) is 6.07 Å². The molecule has 1 atom stereocenters. The summed E-state index contributed by atoms with van der Waals surface area (Å²) in [6.07, 6.45) is 3.44. The lowest BCUT2D eigenvalue weighted by atomic mass is 10.2. The number of thioether (sulfide) groups is 1. The first-order chi connectivity index (χ1) is 11.4. The van der Waals surface area contributed by atoms with Crippen LogP contribution in [0.2, 0.25) is 0 Å². The minimum absolute atomic E-state index is 0.0436. The lowest BCUT2D eigenvalue weighted by molar-refractivity contribution is -0.139. The van der Waals surface area contributed by atoms with Crippen LogP contribution in [0.4, 0.5) is 0 Å². The average Bonchev–Trinajstić information content (AvgIpc) is 2.57. The van der Waals surface area contributed by atoms with Gasteiger partial charge in [-0.25, -0.2) is 4.79 Å². The summed E-state index contributed by atoms with van der Waals surface area (Å²) in [6.45, 7) is 3.04. The number of rotatable bonds is 7. The fourth-order valence-corrected chi connectivity index (χ4v) is 2.71. The number of amides is 2. The molecule has 1 aliphatic rings. The molecule has 0 aromatic rings. The standard InChI is InChI=1S/C15H22N4O4S/c1-11(20)18-4-6-19(7-5-18)14(21)12(9-16)10-17-13(15(22)23)3-8-24-2/h10,13,17H,3-8H2,1-2H3,(H,22,23)/b12-10-. The molecule has 24 heavy (non-hydrogen) atoms. The number of nitriles is 1. The minimum atomic E-state index is -1.03. The van der Waals surface area contributed by atoms with Gasteiger partial charge < -0.3 is 20.2 Å². The molecular weight excluding hydrogens is 332 g/mol. The highest BCUT2D eigenvalue weighted by atomic mass is 32.2. The van der Waals surface area contributed by atoms with Gasteiger partial charge >= 0.3 is 5.97 Å². The fourth-order valence-electron chi connectivity index (χ4n) is 2.23. The van der Waals surface area contributed by atoms with E-state index in [1.54, 1.807) is 4.90 Å². The SMILES string of the molecule is CSCCC(N/C=C(/C#N)C(=O)N1CCN(C(C)=O)CC1)C(=O)O. The predicted octanol–water partition coefficient (Wildman–Crippen LogP) is -0.120. The Morgan fingerprint density at radius 2 is 1.88 bits per heavy atom. The third-order valence-corrected chi connectivity index (χ3v) is 4.34. The van der Waals surface area contributed by atoms with Crippen molar-refractivity contribution in [3.63, 3.8) is 0 Å². The predicted molar refractivity (Wildman–Crippen MR) is 90.1 cm³/mol. The van der Waals surface area contributed by atoms with E-state index in [-0.39, 0.29) is 11.5 Å². The third-order valence-electron chi connectivity index (χ3n) is 3.70. The van der Waals surface area contributed by atoms with E-state index in [1.165, 1.54) is 29.8 Å². The van der Waals surface area contributed by atoms with Gasteiger partial charge in [0.1, 0.15) is 17.7 Å². The summed E-state index contributed by atoms with van der Waals surface area (Å²) in [6, 6.07) is 0.968. The molecule has 1 rings (SSSR count). The van der Waals surface area contributed by atoms with Gasteiger partial charge in [-0.15, -0.1) is 0 Å². The van der Waals surface area contributed by atoms with Gasteiger partial charge in [-0.05, 0) is 18.4 Å². The van der Waals surface area contributed by atoms with E-state index in [9.17, 15) is 19.6 Å². The zero-order valence-electron chi connectivity index (χ0n) is 13.8. The molecule has 9 heteroatoms. The van der Waals surface area contributed by atoms with Gasteiger partial charge in [0.25, 0.3) is 5.91 Å². The molecule has 1 saturated heterocycles. The van der Waals surface area contributed by atoms with E-state index < -0.39 is 17.9 Å². The second kappa shape index (κ2) is 9.82. The summed E-state index contributed by atoms with van der Waals surface area (Å²) in [7, 11) is 0. The summed E-state index contributed by atoms with van der Waals surface area (Å²) in [5.74, 6) is -0.874. The largest absolute Gasteiger partial charge is 0.480 e. The highest BCUT2D eigenvalue weighted by Gasteiger charge is 2.25. The van der Waals surface area contributed by atoms with Gasteiger partial charge in [0.2, 0.25) is 5.91 Å².